The Balaban J connectivity index is 1.42. The third-order valence-electron chi connectivity index (χ3n) is 6.37. The molecule has 1 aromatic heterocycles. The zero-order valence-electron chi connectivity index (χ0n) is 15.3. The Kier molecular flexibility index (Phi) is 4.40. The molecule has 0 unspecified atom stereocenters. The van der Waals surface area contributed by atoms with Crippen LogP contribution >= 0.6 is 0 Å². The van der Waals surface area contributed by atoms with Crippen molar-refractivity contribution in [1.29, 1.82) is 0 Å². The van der Waals surface area contributed by atoms with Crippen molar-refractivity contribution < 1.29 is 4.79 Å². The molecule has 6 heteroatoms. The molecule has 1 N–H and O–H groups in total. The zero-order chi connectivity index (χ0) is 17.4. The van der Waals surface area contributed by atoms with Crippen LogP contribution in [-0.4, -0.2) is 59.0 Å². The van der Waals surface area contributed by atoms with Crippen molar-refractivity contribution in [2.75, 3.05) is 37.6 Å². The smallest absolute Gasteiger partial charge is 0.225 e. The molecule has 0 aromatic carbocycles. The number of amides is 1. The van der Waals surface area contributed by atoms with Crippen molar-refractivity contribution >= 4 is 11.7 Å². The predicted octanol–water partition coefficient (Wildman–Crippen LogP) is 1.54. The van der Waals surface area contributed by atoms with Crippen LogP contribution in [0.15, 0.2) is 18.6 Å². The fourth-order valence-electron chi connectivity index (χ4n) is 4.85. The molecule has 4 heterocycles. The predicted molar refractivity (Wildman–Crippen MR) is 97.2 cm³/mol. The molecule has 6 nitrogen and oxygen atoms in total. The lowest BCUT2D eigenvalue weighted by Gasteiger charge is -2.43. The second kappa shape index (κ2) is 6.56. The minimum Gasteiger partial charge on any atom is -0.355 e. The first-order valence-corrected chi connectivity index (χ1v) is 9.63. The van der Waals surface area contributed by atoms with E-state index in [-0.39, 0.29) is 17.4 Å². The standard InChI is InChI=1S/C19H29N5O/c1-14(2)3-8-23-12-15-16(13-23)19(22-18(15)25)4-9-24(10-5-19)17-11-20-6-7-21-17/h6-7,11,14-16H,3-5,8-10,12-13H2,1-2H3,(H,22,25)/t15-,16+/m1/s1. The maximum atomic E-state index is 12.6. The van der Waals surface area contributed by atoms with Gasteiger partial charge in [-0.1, -0.05) is 13.8 Å². The number of likely N-dealkylation sites (tertiary alicyclic amines) is 1. The Hall–Kier alpha value is -1.69. The maximum absolute atomic E-state index is 12.6. The molecule has 3 aliphatic heterocycles. The quantitative estimate of drug-likeness (QED) is 0.899. The van der Waals surface area contributed by atoms with Crippen molar-refractivity contribution in [2.45, 2.75) is 38.6 Å². The molecule has 3 saturated heterocycles. The summed E-state index contributed by atoms with van der Waals surface area (Å²) in [6, 6.07) is 0. The van der Waals surface area contributed by atoms with Gasteiger partial charge < -0.3 is 15.1 Å². The molecule has 136 valence electrons. The lowest BCUT2D eigenvalue weighted by atomic mass is 9.75. The van der Waals surface area contributed by atoms with Crippen molar-refractivity contribution in [3.8, 4) is 0 Å². The molecule has 1 aromatic rings. The van der Waals surface area contributed by atoms with Crippen LogP contribution in [-0.2, 0) is 4.79 Å². The largest absolute Gasteiger partial charge is 0.355 e. The summed E-state index contributed by atoms with van der Waals surface area (Å²) in [5.41, 5.74) is -0.00691. The number of aromatic nitrogens is 2. The van der Waals surface area contributed by atoms with Gasteiger partial charge >= 0.3 is 0 Å². The van der Waals surface area contributed by atoms with E-state index in [4.69, 9.17) is 0 Å². The molecule has 1 amide bonds. The van der Waals surface area contributed by atoms with E-state index >= 15 is 0 Å². The lowest BCUT2D eigenvalue weighted by Crippen LogP contribution is -2.55. The number of piperidine rings is 1. The van der Waals surface area contributed by atoms with E-state index in [1.807, 2.05) is 6.20 Å². The fraction of sp³-hybridized carbons (Fsp3) is 0.737. The first-order valence-electron chi connectivity index (χ1n) is 9.63. The Morgan fingerprint density at radius 3 is 2.76 bits per heavy atom. The minimum absolute atomic E-state index is 0.00691. The number of carbonyl (C=O) groups excluding carboxylic acids is 1. The van der Waals surface area contributed by atoms with Crippen LogP contribution in [0.5, 0.6) is 0 Å². The average Bonchev–Trinajstić information content (AvgIpc) is 3.15. The van der Waals surface area contributed by atoms with E-state index in [0.717, 1.165) is 57.3 Å². The van der Waals surface area contributed by atoms with Gasteiger partial charge in [0.1, 0.15) is 5.82 Å². The Labute approximate surface area is 150 Å². The fourth-order valence-corrected chi connectivity index (χ4v) is 4.85. The van der Waals surface area contributed by atoms with Crippen LogP contribution in [0.2, 0.25) is 0 Å². The summed E-state index contributed by atoms with van der Waals surface area (Å²) in [7, 11) is 0. The molecule has 1 spiro atoms. The molecule has 4 rings (SSSR count). The number of fused-ring (bicyclic) bond motifs is 2. The molecule has 25 heavy (non-hydrogen) atoms. The number of anilines is 1. The molecule has 2 atom stereocenters. The molecule has 0 aliphatic carbocycles. The number of hydrogen-bond acceptors (Lipinski definition) is 5. The summed E-state index contributed by atoms with van der Waals surface area (Å²) in [6.07, 6.45) is 8.52. The third-order valence-corrected chi connectivity index (χ3v) is 6.37. The molecular weight excluding hydrogens is 314 g/mol. The van der Waals surface area contributed by atoms with Gasteiger partial charge in [-0.05, 0) is 31.7 Å². The van der Waals surface area contributed by atoms with E-state index < -0.39 is 0 Å². The highest BCUT2D eigenvalue weighted by Crippen LogP contribution is 2.44. The van der Waals surface area contributed by atoms with Gasteiger partial charge in [-0.2, -0.15) is 0 Å². The van der Waals surface area contributed by atoms with E-state index in [0.29, 0.717) is 5.92 Å². The molecule has 3 aliphatic rings. The van der Waals surface area contributed by atoms with E-state index in [9.17, 15) is 4.79 Å². The number of nitrogens with zero attached hydrogens (tertiary/aromatic N) is 4. The number of carbonyl (C=O) groups is 1. The van der Waals surface area contributed by atoms with Crippen molar-refractivity contribution in [2.24, 2.45) is 17.8 Å². The number of rotatable bonds is 4. The Morgan fingerprint density at radius 2 is 2.08 bits per heavy atom. The van der Waals surface area contributed by atoms with E-state index in [1.54, 1.807) is 12.4 Å². The van der Waals surface area contributed by atoms with Crippen LogP contribution in [0.25, 0.3) is 0 Å². The molecule has 0 bridgehead atoms. The van der Waals surface area contributed by atoms with Crippen LogP contribution in [0.4, 0.5) is 5.82 Å². The summed E-state index contributed by atoms with van der Waals surface area (Å²) >= 11 is 0. The highest BCUT2D eigenvalue weighted by Gasteiger charge is 2.57. The third kappa shape index (κ3) is 3.12. The summed E-state index contributed by atoms with van der Waals surface area (Å²) in [6.45, 7) is 9.56. The van der Waals surface area contributed by atoms with Gasteiger partial charge in [0, 0.05) is 50.0 Å². The van der Waals surface area contributed by atoms with E-state index in [2.05, 4.69) is 38.9 Å². The lowest BCUT2D eigenvalue weighted by molar-refractivity contribution is -0.123. The average molecular weight is 343 g/mol. The Morgan fingerprint density at radius 1 is 1.28 bits per heavy atom. The van der Waals surface area contributed by atoms with Crippen molar-refractivity contribution in [3.05, 3.63) is 18.6 Å². The van der Waals surface area contributed by atoms with Gasteiger partial charge in [-0.15, -0.1) is 0 Å². The molecule has 3 fully saturated rings. The second-order valence-corrected chi connectivity index (χ2v) is 8.35. The van der Waals surface area contributed by atoms with Crippen LogP contribution in [0, 0.1) is 17.8 Å². The second-order valence-electron chi connectivity index (χ2n) is 8.35. The van der Waals surface area contributed by atoms with Gasteiger partial charge in [-0.3, -0.25) is 9.78 Å². The van der Waals surface area contributed by atoms with Crippen LogP contribution < -0.4 is 10.2 Å². The molecular formula is C19H29N5O. The van der Waals surface area contributed by atoms with E-state index in [1.165, 1.54) is 6.42 Å². The first kappa shape index (κ1) is 16.8. The topological polar surface area (TPSA) is 61.4 Å². The minimum atomic E-state index is -0.00691. The zero-order valence-corrected chi connectivity index (χ0v) is 15.3. The van der Waals surface area contributed by atoms with Gasteiger partial charge in [0.25, 0.3) is 0 Å². The van der Waals surface area contributed by atoms with Crippen molar-refractivity contribution in [1.82, 2.24) is 20.2 Å². The number of hydrogen-bond donors (Lipinski definition) is 1. The van der Waals surface area contributed by atoms with Crippen molar-refractivity contribution in [3.63, 3.8) is 0 Å². The highest BCUT2D eigenvalue weighted by atomic mass is 16.2. The maximum Gasteiger partial charge on any atom is 0.225 e. The monoisotopic (exact) mass is 343 g/mol. The highest BCUT2D eigenvalue weighted by molar-refractivity contribution is 5.83. The summed E-state index contributed by atoms with van der Waals surface area (Å²) < 4.78 is 0. The summed E-state index contributed by atoms with van der Waals surface area (Å²) in [4.78, 5) is 26.0. The summed E-state index contributed by atoms with van der Waals surface area (Å²) in [5, 5.41) is 3.40. The molecule has 0 radical (unpaired) electrons. The van der Waals surface area contributed by atoms with Gasteiger partial charge in [0.2, 0.25) is 5.91 Å². The SMILES string of the molecule is CC(C)CCN1C[C@H]2C(=O)NC3(CCN(c4cnccn4)CC3)[C@H]2C1. The van der Waals surface area contributed by atoms with Gasteiger partial charge in [0.15, 0.2) is 0 Å². The first-order chi connectivity index (χ1) is 12.1. The Bertz CT molecular complexity index is 612. The normalized spacial score (nSPS) is 28.6. The van der Waals surface area contributed by atoms with Crippen LogP contribution in [0.3, 0.4) is 0 Å². The molecule has 0 saturated carbocycles. The summed E-state index contributed by atoms with van der Waals surface area (Å²) in [5.74, 6) is 2.61. The van der Waals surface area contributed by atoms with Gasteiger partial charge in [0.05, 0.1) is 12.1 Å². The number of nitrogens with one attached hydrogen (secondary N) is 1. The van der Waals surface area contributed by atoms with Gasteiger partial charge in [-0.25, -0.2) is 4.98 Å². The van der Waals surface area contributed by atoms with Crippen LogP contribution in [0.1, 0.15) is 33.1 Å².